The molecule has 2 aromatic rings. The van der Waals surface area contributed by atoms with Crippen molar-refractivity contribution in [1.82, 2.24) is 14.9 Å². The van der Waals surface area contributed by atoms with E-state index in [1.54, 1.807) is 13.1 Å². The van der Waals surface area contributed by atoms with Crippen LogP contribution in [0.5, 0.6) is 0 Å². The van der Waals surface area contributed by atoms with Crippen LogP contribution in [-0.2, 0) is 0 Å². The van der Waals surface area contributed by atoms with Crippen LogP contribution in [0.3, 0.4) is 0 Å². The molecule has 8 heteroatoms. The molecule has 0 aliphatic rings. The zero-order chi connectivity index (χ0) is 15.9. The average Bonchev–Trinajstić information content (AvgIpc) is 2.88. The maximum atomic E-state index is 8.49. The van der Waals surface area contributed by atoms with E-state index in [0.29, 0.717) is 5.82 Å². The first-order valence-corrected chi connectivity index (χ1v) is 7.06. The first-order valence-electron chi connectivity index (χ1n) is 7.06. The number of nitrogens with zero attached hydrogens (tertiary/aromatic N) is 8. The molecule has 22 heavy (non-hydrogen) atoms. The van der Waals surface area contributed by atoms with Gasteiger partial charge in [0.1, 0.15) is 0 Å². The molecule has 0 atom stereocenters. The molecule has 0 unspecified atom stereocenters. The molecule has 2 rings (SSSR count). The van der Waals surface area contributed by atoms with Crippen LogP contribution >= 0.6 is 0 Å². The highest BCUT2D eigenvalue weighted by Gasteiger charge is 2.05. The summed E-state index contributed by atoms with van der Waals surface area (Å²) in [5.41, 5.74) is 10.6. The molecule has 114 valence electrons. The quantitative estimate of drug-likeness (QED) is 0.354. The van der Waals surface area contributed by atoms with Gasteiger partial charge in [0.15, 0.2) is 5.82 Å². The lowest BCUT2D eigenvalue weighted by Crippen LogP contribution is -2.21. The summed E-state index contributed by atoms with van der Waals surface area (Å²) in [6.07, 6.45) is 1.68. The van der Waals surface area contributed by atoms with E-state index < -0.39 is 0 Å². The molecular weight excluding hydrogens is 280 g/mol. The molecule has 0 saturated carbocycles. The van der Waals surface area contributed by atoms with Crippen molar-refractivity contribution < 1.29 is 0 Å². The highest BCUT2D eigenvalue weighted by Crippen LogP contribution is 2.15. The zero-order valence-electron chi connectivity index (χ0n) is 12.9. The van der Waals surface area contributed by atoms with Gasteiger partial charge in [-0.1, -0.05) is 12.1 Å². The van der Waals surface area contributed by atoms with Crippen LogP contribution in [0, 0.1) is 6.92 Å². The maximum Gasteiger partial charge on any atom is 0.241 e. The van der Waals surface area contributed by atoms with E-state index in [2.05, 4.69) is 56.2 Å². The number of benzene rings is 1. The topological polar surface area (TPSA) is 95.1 Å². The fourth-order valence-corrected chi connectivity index (χ4v) is 2.07. The van der Waals surface area contributed by atoms with Crippen molar-refractivity contribution in [2.24, 2.45) is 10.2 Å². The van der Waals surface area contributed by atoms with Gasteiger partial charge in [-0.2, -0.15) is 9.78 Å². The van der Waals surface area contributed by atoms with E-state index >= 15 is 0 Å². The highest BCUT2D eigenvalue weighted by molar-refractivity contribution is 5.80. The molecule has 1 aromatic heterocycles. The normalized spacial score (nSPS) is 10.7. The van der Waals surface area contributed by atoms with E-state index in [4.69, 9.17) is 5.53 Å². The Bertz CT molecular complexity index is 690. The van der Waals surface area contributed by atoms with Crippen LogP contribution in [0.1, 0.15) is 25.2 Å². The average molecular weight is 298 g/mol. The Hall–Kier alpha value is -2.86. The van der Waals surface area contributed by atoms with E-state index in [1.807, 2.05) is 12.1 Å². The summed E-state index contributed by atoms with van der Waals surface area (Å²) < 4.78 is 1.40. The van der Waals surface area contributed by atoms with Gasteiger partial charge in [0.2, 0.25) is 5.95 Å². The van der Waals surface area contributed by atoms with Crippen LogP contribution in [-0.4, -0.2) is 34.2 Å². The van der Waals surface area contributed by atoms with Gasteiger partial charge in [-0.05, 0) is 49.1 Å². The lowest BCUT2D eigenvalue weighted by molar-refractivity contribution is 0.831. The largest absolute Gasteiger partial charge is 0.372 e. The lowest BCUT2D eigenvalue weighted by Gasteiger charge is -2.20. The first-order chi connectivity index (χ1) is 10.7. The second kappa shape index (κ2) is 7.24. The summed E-state index contributed by atoms with van der Waals surface area (Å²) in [5.74, 6) is 0.675. The monoisotopic (exact) mass is 298 g/mol. The fourth-order valence-electron chi connectivity index (χ4n) is 2.07. The number of aryl methyl sites for hydroxylation is 1. The van der Waals surface area contributed by atoms with Crippen molar-refractivity contribution in [2.45, 2.75) is 20.8 Å². The minimum absolute atomic E-state index is 0.121. The Morgan fingerprint density at radius 1 is 1.23 bits per heavy atom. The predicted molar refractivity (Wildman–Crippen MR) is 86.6 cm³/mol. The van der Waals surface area contributed by atoms with Crippen molar-refractivity contribution in [3.05, 3.63) is 46.1 Å². The molecule has 0 spiro atoms. The Kier molecular flexibility index (Phi) is 5.11. The molecule has 0 amide bonds. The zero-order valence-corrected chi connectivity index (χ0v) is 12.9. The van der Waals surface area contributed by atoms with E-state index in [-0.39, 0.29) is 5.95 Å². The van der Waals surface area contributed by atoms with Crippen LogP contribution in [0.2, 0.25) is 0 Å². The minimum Gasteiger partial charge on any atom is -0.372 e. The molecule has 0 radical (unpaired) electrons. The Morgan fingerprint density at radius 2 is 1.91 bits per heavy atom. The van der Waals surface area contributed by atoms with E-state index in [1.165, 1.54) is 10.4 Å². The summed E-state index contributed by atoms with van der Waals surface area (Å²) >= 11 is 0. The summed E-state index contributed by atoms with van der Waals surface area (Å²) in [4.78, 5) is 4.98. The standard InChI is InChI=1S/C14H18N8/c1-4-21(5-2)13-8-6-12(7-9-13)10-16-22-11(3)17-18-14(22)19-20-15/h6-10H,4-5H2,1-3H3/b16-10+. The highest BCUT2D eigenvalue weighted by atomic mass is 15.5. The number of anilines is 1. The van der Waals surface area contributed by atoms with Crippen molar-refractivity contribution in [2.75, 3.05) is 18.0 Å². The summed E-state index contributed by atoms with van der Waals surface area (Å²) in [7, 11) is 0. The molecule has 0 bridgehead atoms. The number of azide groups is 1. The molecule has 1 aromatic carbocycles. The van der Waals surface area contributed by atoms with Crippen LogP contribution in [0.15, 0.2) is 34.5 Å². The fraction of sp³-hybridized carbons (Fsp3) is 0.357. The van der Waals surface area contributed by atoms with Crippen LogP contribution < -0.4 is 4.90 Å². The summed E-state index contributed by atoms with van der Waals surface area (Å²) in [6.45, 7) is 7.94. The second-order valence-electron chi connectivity index (χ2n) is 4.56. The van der Waals surface area contributed by atoms with Gasteiger partial charge in [0, 0.05) is 23.7 Å². The van der Waals surface area contributed by atoms with Gasteiger partial charge in [-0.3, -0.25) is 0 Å². The number of hydrogen-bond acceptors (Lipinski definition) is 5. The number of hydrogen-bond donors (Lipinski definition) is 0. The van der Waals surface area contributed by atoms with Gasteiger partial charge in [-0.25, -0.2) is 0 Å². The third-order valence-corrected chi connectivity index (χ3v) is 3.26. The van der Waals surface area contributed by atoms with Gasteiger partial charge < -0.3 is 4.90 Å². The van der Waals surface area contributed by atoms with Gasteiger partial charge in [0.05, 0.1) is 6.21 Å². The minimum atomic E-state index is 0.121. The SMILES string of the molecule is CCN(CC)c1ccc(/C=N/n2c(C)nnc2N=[N+]=[N-])cc1. The third kappa shape index (κ3) is 3.42. The Balaban J connectivity index is 2.20. The van der Waals surface area contributed by atoms with Crippen molar-refractivity contribution in [3.63, 3.8) is 0 Å². The van der Waals surface area contributed by atoms with Gasteiger partial charge in [0.25, 0.3) is 0 Å². The van der Waals surface area contributed by atoms with Gasteiger partial charge in [-0.15, -0.1) is 10.2 Å². The molecule has 0 aliphatic heterocycles. The predicted octanol–water partition coefficient (Wildman–Crippen LogP) is 3.26. The van der Waals surface area contributed by atoms with E-state index in [9.17, 15) is 0 Å². The second-order valence-corrected chi connectivity index (χ2v) is 4.56. The third-order valence-electron chi connectivity index (χ3n) is 3.26. The van der Waals surface area contributed by atoms with Crippen LogP contribution in [0.25, 0.3) is 10.4 Å². The van der Waals surface area contributed by atoms with E-state index in [0.717, 1.165) is 18.7 Å². The first kappa shape index (κ1) is 15.5. The smallest absolute Gasteiger partial charge is 0.241 e. The molecule has 1 heterocycles. The number of rotatable bonds is 6. The Labute approximate surface area is 128 Å². The maximum absolute atomic E-state index is 8.49. The molecule has 8 nitrogen and oxygen atoms in total. The lowest BCUT2D eigenvalue weighted by atomic mass is 10.2. The van der Waals surface area contributed by atoms with Crippen LogP contribution in [0.4, 0.5) is 11.6 Å². The molecule has 0 fully saturated rings. The van der Waals surface area contributed by atoms with Gasteiger partial charge >= 0.3 is 0 Å². The Morgan fingerprint density at radius 3 is 2.50 bits per heavy atom. The molecule has 0 saturated heterocycles. The summed E-state index contributed by atoms with van der Waals surface area (Å²) in [5, 5.41) is 15.3. The molecular formula is C14H18N8. The molecule has 0 aliphatic carbocycles. The molecule has 0 N–H and O–H groups in total. The van der Waals surface area contributed by atoms with Crippen molar-refractivity contribution in [3.8, 4) is 0 Å². The summed E-state index contributed by atoms with van der Waals surface area (Å²) in [6, 6.07) is 8.09. The van der Waals surface area contributed by atoms with Crippen molar-refractivity contribution in [1.29, 1.82) is 0 Å². The van der Waals surface area contributed by atoms with Crippen molar-refractivity contribution >= 4 is 17.9 Å². The number of aromatic nitrogens is 3.